The van der Waals surface area contributed by atoms with E-state index in [0.29, 0.717) is 18.8 Å². The average Bonchev–Trinajstić information content (AvgIpc) is 2.29. The highest BCUT2D eigenvalue weighted by Gasteiger charge is 2.33. The molecule has 1 aromatic rings. The summed E-state index contributed by atoms with van der Waals surface area (Å²) < 4.78 is 11.3. The third-order valence-electron chi connectivity index (χ3n) is 2.57. The highest BCUT2D eigenvalue weighted by atomic mass is 16.6. The van der Waals surface area contributed by atoms with Crippen LogP contribution in [0.2, 0.25) is 0 Å². The van der Waals surface area contributed by atoms with Crippen LogP contribution in [0.3, 0.4) is 0 Å². The largest absolute Gasteiger partial charge is 0.493 e. The molecule has 0 radical (unpaired) electrons. The maximum absolute atomic E-state index is 10.7. The van der Waals surface area contributed by atoms with Gasteiger partial charge in [0.25, 0.3) is 0 Å². The summed E-state index contributed by atoms with van der Waals surface area (Å²) >= 11 is 0. The van der Waals surface area contributed by atoms with Crippen LogP contribution in [0.15, 0.2) is 24.3 Å². The summed E-state index contributed by atoms with van der Waals surface area (Å²) in [7, 11) is -0.340. The van der Waals surface area contributed by atoms with Crippen LogP contribution >= 0.6 is 0 Å². The van der Waals surface area contributed by atoms with Gasteiger partial charge in [0, 0.05) is 24.2 Å². The van der Waals surface area contributed by atoms with Gasteiger partial charge in [-0.3, -0.25) is 4.79 Å². The third-order valence-corrected chi connectivity index (χ3v) is 2.57. The van der Waals surface area contributed by atoms with Crippen molar-refractivity contribution in [2.24, 2.45) is 5.41 Å². The van der Waals surface area contributed by atoms with Crippen molar-refractivity contribution in [1.29, 1.82) is 0 Å². The topological polar surface area (TPSA) is 35.5 Å². The molecule has 1 aromatic carbocycles. The van der Waals surface area contributed by atoms with E-state index >= 15 is 0 Å². The van der Waals surface area contributed by atoms with Crippen LogP contribution in [0.4, 0.5) is 0 Å². The molecular weight excluding hydrogens is 203 g/mol. The monoisotopic (exact) mass is 218 g/mol. The molecule has 1 aliphatic rings. The summed E-state index contributed by atoms with van der Waals surface area (Å²) in [5.41, 5.74) is 1.62. The Morgan fingerprint density at radius 1 is 1.31 bits per heavy atom. The molecule has 84 valence electrons. The number of carbonyl (C=O) groups excluding carboxylic acids is 1. The Morgan fingerprint density at radius 3 is 2.62 bits per heavy atom. The summed E-state index contributed by atoms with van der Waals surface area (Å²) in [6, 6.07) is 7.32. The van der Waals surface area contributed by atoms with Crippen molar-refractivity contribution < 1.29 is 14.1 Å². The molecule has 0 bridgehead atoms. The predicted molar refractivity (Wildman–Crippen MR) is 62.9 cm³/mol. The molecule has 2 rings (SSSR count). The Labute approximate surface area is 95.9 Å². The van der Waals surface area contributed by atoms with E-state index in [-0.39, 0.29) is 12.5 Å². The zero-order valence-electron chi connectivity index (χ0n) is 9.60. The van der Waals surface area contributed by atoms with E-state index in [1.165, 1.54) is 0 Å². The first kappa shape index (κ1) is 11.4. The van der Waals surface area contributed by atoms with Crippen molar-refractivity contribution in [3.05, 3.63) is 29.8 Å². The summed E-state index contributed by atoms with van der Waals surface area (Å²) in [6.07, 6.45) is 0.830. The van der Waals surface area contributed by atoms with Crippen molar-refractivity contribution in [3.8, 4) is 0 Å². The number of carbonyl (C=O) groups is 1. The van der Waals surface area contributed by atoms with E-state index < -0.39 is 0 Å². The third kappa shape index (κ3) is 2.51. The molecule has 3 nitrogen and oxygen atoms in total. The van der Waals surface area contributed by atoms with Gasteiger partial charge in [-0.05, 0) is 5.46 Å². The molecule has 16 heavy (non-hydrogen) atoms. The van der Waals surface area contributed by atoms with Crippen molar-refractivity contribution >= 4 is 18.9 Å². The Hall–Kier alpha value is -1.13. The molecule has 0 saturated carbocycles. The average molecular weight is 218 g/mol. The molecule has 0 spiro atoms. The molecule has 0 amide bonds. The van der Waals surface area contributed by atoms with Gasteiger partial charge in [-0.1, -0.05) is 38.1 Å². The maximum atomic E-state index is 10.7. The van der Waals surface area contributed by atoms with E-state index in [4.69, 9.17) is 9.31 Å². The van der Waals surface area contributed by atoms with E-state index in [9.17, 15) is 4.79 Å². The van der Waals surface area contributed by atoms with E-state index in [2.05, 4.69) is 13.8 Å². The second kappa shape index (κ2) is 4.40. The maximum Gasteiger partial charge on any atom is 0.493 e. The fraction of sp³-hybridized carbons (Fsp3) is 0.417. The normalized spacial score (nSPS) is 19.5. The molecule has 0 atom stereocenters. The van der Waals surface area contributed by atoms with Crippen molar-refractivity contribution in [1.82, 2.24) is 0 Å². The van der Waals surface area contributed by atoms with Crippen LogP contribution < -0.4 is 5.46 Å². The number of benzene rings is 1. The molecule has 1 saturated heterocycles. The minimum absolute atomic E-state index is 0.0682. The van der Waals surface area contributed by atoms with Crippen molar-refractivity contribution in [2.75, 3.05) is 13.2 Å². The van der Waals surface area contributed by atoms with Gasteiger partial charge in [-0.2, -0.15) is 0 Å². The van der Waals surface area contributed by atoms with Crippen LogP contribution in [0.1, 0.15) is 24.2 Å². The number of hydrogen-bond donors (Lipinski definition) is 0. The van der Waals surface area contributed by atoms with Crippen LogP contribution in [0.25, 0.3) is 0 Å². The van der Waals surface area contributed by atoms with Crippen LogP contribution in [-0.4, -0.2) is 26.6 Å². The number of rotatable bonds is 2. The Kier molecular flexibility index (Phi) is 3.12. The van der Waals surface area contributed by atoms with Crippen molar-refractivity contribution in [2.45, 2.75) is 13.8 Å². The van der Waals surface area contributed by atoms with Gasteiger partial charge in [0.05, 0.1) is 0 Å². The number of hydrogen-bond acceptors (Lipinski definition) is 3. The fourth-order valence-electron chi connectivity index (χ4n) is 1.66. The van der Waals surface area contributed by atoms with Gasteiger partial charge in [0.1, 0.15) is 6.29 Å². The SMILES string of the molecule is CC1(C)COB(c2cccc(C=O)c2)OC1. The van der Waals surface area contributed by atoms with Gasteiger partial charge in [0.15, 0.2) is 0 Å². The predicted octanol–water partition coefficient (Wildman–Crippen LogP) is 1.27. The van der Waals surface area contributed by atoms with Gasteiger partial charge >= 0.3 is 7.12 Å². The lowest BCUT2D eigenvalue weighted by atomic mass is 9.75. The standard InChI is InChI=1S/C12H15BO3/c1-12(2)8-15-13(16-9-12)11-5-3-4-10(6-11)7-14/h3-7H,8-9H2,1-2H3. The molecule has 1 aliphatic heterocycles. The summed E-state index contributed by atoms with van der Waals surface area (Å²) in [4.78, 5) is 10.7. The highest BCUT2D eigenvalue weighted by molar-refractivity contribution is 6.61. The Bertz CT molecular complexity index is 380. The van der Waals surface area contributed by atoms with Gasteiger partial charge in [-0.15, -0.1) is 0 Å². The summed E-state index contributed by atoms with van der Waals surface area (Å²) in [5, 5.41) is 0. The van der Waals surface area contributed by atoms with Gasteiger partial charge in [0.2, 0.25) is 0 Å². The first-order valence-electron chi connectivity index (χ1n) is 5.39. The zero-order valence-corrected chi connectivity index (χ0v) is 9.60. The van der Waals surface area contributed by atoms with Gasteiger partial charge in [-0.25, -0.2) is 0 Å². The second-order valence-corrected chi connectivity index (χ2v) is 4.91. The lowest BCUT2D eigenvalue weighted by Crippen LogP contribution is -2.47. The molecule has 1 fully saturated rings. The van der Waals surface area contributed by atoms with Crippen LogP contribution in [0.5, 0.6) is 0 Å². The molecular formula is C12H15BO3. The second-order valence-electron chi connectivity index (χ2n) is 4.91. The minimum atomic E-state index is -0.340. The molecule has 0 N–H and O–H groups in total. The quantitative estimate of drug-likeness (QED) is 0.553. The first-order valence-corrected chi connectivity index (χ1v) is 5.39. The smallest absolute Gasteiger partial charge is 0.407 e. The first-order chi connectivity index (χ1) is 7.61. The van der Waals surface area contributed by atoms with Crippen molar-refractivity contribution in [3.63, 3.8) is 0 Å². The van der Waals surface area contributed by atoms with E-state index in [1.54, 1.807) is 12.1 Å². The summed E-state index contributed by atoms with van der Waals surface area (Å²) in [6.45, 7) is 5.54. The Balaban J connectivity index is 2.11. The molecule has 0 aromatic heterocycles. The fourth-order valence-corrected chi connectivity index (χ4v) is 1.66. The number of aldehydes is 1. The van der Waals surface area contributed by atoms with E-state index in [0.717, 1.165) is 11.7 Å². The lowest BCUT2D eigenvalue weighted by Gasteiger charge is -2.33. The molecule has 0 unspecified atom stereocenters. The molecule has 0 aliphatic carbocycles. The Morgan fingerprint density at radius 2 is 2.00 bits per heavy atom. The van der Waals surface area contributed by atoms with Crippen LogP contribution in [0, 0.1) is 5.41 Å². The van der Waals surface area contributed by atoms with Gasteiger partial charge < -0.3 is 9.31 Å². The van der Waals surface area contributed by atoms with E-state index in [1.807, 2.05) is 12.1 Å². The van der Waals surface area contributed by atoms with Crippen LogP contribution in [-0.2, 0) is 9.31 Å². The molecule has 1 heterocycles. The molecule has 4 heteroatoms. The highest BCUT2D eigenvalue weighted by Crippen LogP contribution is 2.21. The zero-order chi connectivity index (χ0) is 11.6. The summed E-state index contributed by atoms with van der Waals surface area (Å²) in [5.74, 6) is 0. The minimum Gasteiger partial charge on any atom is -0.407 e. The lowest BCUT2D eigenvalue weighted by molar-refractivity contribution is 0.0343.